The van der Waals surface area contributed by atoms with E-state index in [1.165, 1.54) is 6.07 Å². The minimum Gasteiger partial charge on any atom is -0.489 e. The summed E-state index contributed by atoms with van der Waals surface area (Å²) in [6.07, 6.45) is 3.77. The lowest BCUT2D eigenvalue weighted by Crippen LogP contribution is -2.37. The Labute approximate surface area is 204 Å². The first kappa shape index (κ1) is 23.1. The van der Waals surface area contributed by atoms with Crippen LogP contribution in [0, 0.1) is 12.7 Å². The Morgan fingerprint density at radius 2 is 1.94 bits per heavy atom. The molecule has 2 aliphatic rings. The quantitative estimate of drug-likeness (QED) is 0.564. The minimum atomic E-state index is -0.360. The molecule has 0 atom stereocenters. The summed E-state index contributed by atoms with van der Waals surface area (Å²) in [6.45, 7) is 4.52. The van der Waals surface area contributed by atoms with Crippen LogP contribution in [0.25, 0.3) is 0 Å². The monoisotopic (exact) mass is 476 g/mol. The van der Waals surface area contributed by atoms with Crippen molar-refractivity contribution in [2.75, 3.05) is 48.5 Å². The maximum absolute atomic E-state index is 14.9. The summed E-state index contributed by atoms with van der Waals surface area (Å²) in [5, 5.41) is 2.83. The molecule has 0 spiro atoms. The van der Waals surface area contributed by atoms with Crippen LogP contribution >= 0.6 is 0 Å². The van der Waals surface area contributed by atoms with Gasteiger partial charge in [-0.3, -0.25) is 4.79 Å². The second kappa shape index (κ2) is 9.92. The molecule has 1 N–H and O–H groups in total. The molecule has 0 bridgehead atoms. The van der Waals surface area contributed by atoms with E-state index in [1.807, 2.05) is 47.2 Å². The second-order valence-corrected chi connectivity index (χ2v) is 8.89. The molecule has 2 aliphatic heterocycles. The van der Waals surface area contributed by atoms with Gasteiger partial charge in [0.1, 0.15) is 18.2 Å². The number of pyridine rings is 1. The lowest BCUT2D eigenvalue weighted by atomic mass is 10.1. The number of methoxy groups -OCH3 is 1. The van der Waals surface area contributed by atoms with Gasteiger partial charge in [-0.2, -0.15) is 0 Å². The van der Waals surface area contributed by atoms with Crippen molar-refractivity contribution in [3.8, 4) is 5.75 Å². The lowest BCUT2D eigenvalue weighted by molar-refractivity contribution is 0.0818. The Morgan fingerprint density at radius 1 is 1.11 bits per heavy atom. The van der Waals surface area contributed by atoms with Gasteiger partial charge in [0.2, 0.25) is 0 Å². The van der Waals surface area contributed by atoms with Gasteiger partial charge in [0.25, 0.3) is 5.91 Å². The number of benzene rings is 2. The molecule has 182 valence electrons. The topological polar surface area (TPSA) is 66.9 Å². The standard InChI is InChI=1S/C27H29FN4O3/c1-18-6-9-25(29-17-18)32-14-15-35-26-21(4-3-5-24(26)32)27(33)30-19-7-8-23(22(28)16-19)31-12-10-20(34-2)11-13-31/h3-9,16-17,20H,10-15H2,1-2H3,(H,30,33). The Morgan fingerprint density at radius 3 is 2.66 bits per heavy atom. The number of hydrogen-bond acceptors (Lipinski definition) is 6. The van der Waals surface area contributed by atoms with E-state index in [1.54, 1.807) is 25.3 Å². The van der Waals surface area contributed by atoms with Gasteiger partial charge in [0, 0.05) is 32.1 Å². The molecule has 0 unspecified atom stereocenters. The highest BCUT2D eigenvalue weighted by atomic mass is 19.1. The number of fused-ring (bicyclic) bond motifs is 1. The molecule has 7 nitrogen and oxygen atoms in total. The second-order valence-electron chi connectivity index (χ2n) is 8.89. The molecule has 3 heterocycles. The molecular formula is C27H29FN4O3. The Hall–Kier alpha value is -3.65. The summed E-state index contributed by atoms with van der Waals surface area (Å²) in [4.78, 5) is 21.8. The molecular weight excluding hydrogens is 447 g/mol. The SMILES string of the molecule is COC1CCN(c2ccc(NC(=O)c3cccc4c3OCCN4c3ccc(C)cn3)cc2F)CC1. The van der Waals surface area contributed by atoms with Crippen molar-refractivity contribution in [3.05, 3.63) is 71.7 Å². The summed E-state index contributed by atoms with van der Waals surface area (Å²) >= 11 is 0. The van der Waals surface area contributed by atoms with Crippen LogP contribution in [0.5, 0.6) is 5.75 Å². The van der Waals surface area contributed by atoms with Crippen LogP contribution in [0.4, 0.5) is 27.3 Å². The summed E-state index contributed by atoms with van der Waals surface area (Å²) in [6, 6.07) is 14.2. The highest BCUT2D eigenvalue weighted by Gasteiger charge is 2.26. The van der Waals surface area contributed by atoms with Crippen molar-refractivity contribution in [3.63, 3.8) is 0 Å². The van der Waals surface area contributed by atoms with E-state index in [4.69, 9.17) is 9.47 Å². The zero-order valence-corrected chi connectivity index (χ0v) is 20.0. The van der Waals surface area contributed by atoms with Gasteiger partial charge in [0.15, 0.2) is 5.75 Å². The fourth-order valence-electron chi connectivity index (χ4n) is 4.66. The summed E-state index contributed by atoms with van der Waals surface area (Å²) in [7, 11) is 1.71. The van der Waals surface area contributed by atoms with Crippen LogP contribution < -0.4 is 19.9 Å². The Kier molecular flexibility index (Phi) is 6.55. The van der Waals surface area contributed by atoms with E-state index in [9.17, 15) is 9.18 Å². The number of hydrogen-bond donors (Lipinski definition) is 1. The largest absolute Gasteiger partial charge is 0.489 e. The summed E-state index contributed by atoms with van der Waals surface area (Å²) in [5.74, 6) is 0.580. The van der Waals surface area contributed by atoms with Gasteiger partial charge in [-0.15, -0.1) is 0 Å². The number of piperidine rings is 1. The Bertz CT molecular complexity index is 1210. The number of carbonyl (C=O) groups is 1. The average molecular weight is 477 g/mol. The fourth-order valence-corrected chi connectivity index (χ4v) is 4.66. The third-order valence-electron chi connectivity index (χ3n) is 6.58. The first-order valence-electron chi connectivity index (χ1n) is 11.9. The molecule has 5 rings (SSSR count). The number of halogens is 1. The van der Waals surface area contributed by atoms with Crippen molar-refractivity contribution < 1.29 is 18.7 Å². The third kappa shape index (κ3) is 4.79. The van der Waals surface area contributed by atoms with Crippen LogP contribution in [-0.2, 0) is 4.74 Å². The zero-order valence-electron chi connectivity index (χ0n) is 20.0. The zero-order chi connectivity index (χ0) is 24.4. The molecule has 0 saturated carbocycles. The minimum absolute atomic E-state index is 0.226. The number of carbonyl (C=O) groups excluding carboxylic acids is 1. The molecule has 1 fully saturated rings. The normalized spacial score (nSPS) is 16.0. The fraction of sp³-hybridized carbons (Fsp3) is 0.333. The molecule has 8 heteroatoms. The highest BCUT2D eigenvalue weighted by molar-refractivity contribution is 6.07. The molecule has 1 saturated heterocycles. The number of ether oxygens (including phenoxy) is 2. The van der Waals surface area contributed by atoms with E-state index in [0.29, 0.717) is 35.8 Å². The number of para-hydroxylation sites is 1. The third-order valence-corrected chi connectivity index (χ3v) is 6.58. The molecule has 0 aliphatic carbocycles. The van der Waals surface area contributed by atoms with Crippen LogP contribution in [0.15, 0.2) is 54.7 Å². The number of nitrogens with zero attached hydrogens (tertiary/aromatic N) is 3. The van der Waals surface area contributed by atoms with Crippen molar-refractivity contribution in [1.29, 1.82) is 0 Å². The summed E-state index contributed by atoms with van der Waals surface area (Å²) in [5.41, 5.74) is 3.19. The van der Waals surface area contributed by atoms with E-state index in [2.05, 4.69) is 10.3 Å². The van der Waals surface area contributed by atoms with Crippen LogP contribution in [0.2, 0.25) is 0 Å². The van der Waals surface area contributed by atoms with Crippen LogP contribution in [0.3, 0.4) is 0 Å². The van der Waals surface area contributed by atoms with Gasteiger partial charge < -0.3 is 24.6 Å². The number of rotatable bonds is 5. The van der Waals surface area contributed by atoms with Crippen molar-refractivity contribution in [1.82, 2.24) is 4.98 Å². The maximum Gasteiger partial charge on any atom is 0.259 e. The molecule has 1 aromatic heterocycles. The molecule has 2 aromatic carbocycles. The summed E-state index contributed by atoms with van der Waals surface area (Å²) < 4.78 is 26.3. The van der Waals surface area contributed by atoms with Gasteiger partial charge >= 0.3 is 0 Å². The van der Waals surface area contributed by atoms with Crippen molar-refractivity contribution in [2.45, 2.75) is 25.9 Å². The first-order chi connectivity index (χ1) is 17.0. The molecule has 0 radical (unpaired) electrons. The van der Waals surface area contributed by atoms with Gasteiger partial charge in [-0.1, -0.05) is 12.1 Å². The van der Waals surface area contributed by atoms with Gasteiger partial charge in [0.05, 0.1) is 29.6 Å². The van der Waals surface area contributed by atoms with Gasteiger partial charge in [-0.05, 0) is 61.7 Å². The van der Waals surface area contributed by atoms with Crippen LogP contribution in [0.1, 0.15) is 28.8 Å². The Balaban J connectivity index is 1.34. The molecule has 3 aromatic rings. The number of nitrogens with one attached hydrogen (secondary N) is 1. The van der Waals surface area contributed by atoms with E-state index >= 15 is 0 Å². The predicted molar refractivity (Wildman–Crippen MR) is 135 cm³/mol. The number of amides is 1. The first-order valence-corrected chi connectivity index (χ1v) is 11.9. The lowest BCUT2D eigenvalue weighted by Gasteiger charge is -2.33. The maximum atomic E-state index is 14.9. The van der Waals surface area contributed by atoms with Crippen molar-refractivity contribution >= 4 is 28.8 Å². The average Bonchev–Trinajstić information content (AvgIpc) is 2.89. The van der Waals surface area contributed by atoms with E-state index in [0.717, 1.165) is 43.0 Å². The van der Waals surface area contributed by atoms with E-state index < -0.39 is 0 Å². The molecule has 35 heavy (non-hydrogen) atoms. The molecule has 1 amide bonds. The van der Waals surface area contributed by atoms with E-state index in [-0.39, 0.29) is 17.8 Å². The number of aromatic nitrogens is 1. The number of aryl methyl sites for hydroxylation is 1. The smallest absolute Gasteiger partial charge is 0.259 e. The number of anilines is 4. The van der Waals surface area contributed by atoms with Crippen molar-refractivity contribution in [2.24, 2.45) is 0 Å². The van der Waals surface area contributed by atoms with Gasteiger partial charge in [-0.25, -0.2) is 9.37 Å². The predicted octanol–water partition coefficient (Wildman–Crippen LogP) is 4.93. The van der Waals surface area contributed by atoms with Crippen LogP contribution in [-0.4, -0.2) is 50.3 Å². The highest BCUT2D eigenvalue weighted by Crippen LogP contribution is 2.39.